The fourth-order valence-corrected chi connectivity index (χ4v) is 2.45. The van der Waals surface area contributed by atoms with Crippen LogP contribution in [0.5, 0.6) is 5.75 Å². The highest BCUT2D eigenvalue weighted by atomic mass is 16.5. The first kappa shape index (κ1) is 15.5. The summed E-state index contributed by atoms with van der Waals surface area (Å²) >= 11 is 0. The van der Waals surface area contributed by atoms with Crippen LogP contribution in [0, 0.1) is 6.92 Å². The molecule has 2 N–H and O–H groups in total. The van der Waals surface area contributed by atoms with Crippen molar-refractivity contribution in [2.75, 3.05) is 14.2 Å². The number of aryl methyl sites for hydroxylation is 1. The zero-order valence-corrected chi connectivity index (χ0v) is 13.1. The summed E-state index contributed by atoms with van der Waals surface area (Å²) in [5.74, 6) is 0.898. The van der Waals surface area contributed by atoms with Crippen LogP contribution in [0.2, 0.25) is 0 Å². The molecular weight excluding hydrogens is 260 g/mol. The van der Waals surface area contributed by atoms with E-state index in [1.54, 1.807) is 7.11 Å². The number of hydrogen-bond donors (Lipinski definition) is 1. The zero-order valence-electron chi connectivity index (χ0n) is 13.1. The van der Waals surface area contributed by atoms with Crippen LogP contribution < -0.4 is 10.5 Å². The number of nitrogens with two attached hydrogens (primary N) is 1. The maximum Gasteiger partial charge on any atom is 0.118 e. The van der Waals surface area contributed by atoms with Crippen LogP contribution in [0.15, 0.2) is 42.5 Å². The molecule has 0 fully saturated rings. The van der Waals surface area contributed by atoms with E-state index in [9.17, 15) is 0 Å². The van der Waals surface area contributed by atoms with Gasteiger partial charge in [0.15, 0.2) is 0 Å². The Morgan fingerprint density at radius 3 is 2.24 bits per heavy atom. The normalized spacial score (nSPS) is 10.9. The van der Waals surface area contributed by atoms with Gasteiger partial charge in [-0.05, 0) is 48.4 Å². The second-order valence-corrected chi connectivity index (χ2v) is 5.49. The summed E-state index contributed by atoms with van der Waals surface area (Å²) in [6.07, 6.45) is 0. The molecule has 0 saturated carbocycles. The van der Waals surface area contributed by atoms with Gasteiger partial charge in [-0.3, -0.25) is 4.90 Å². The van der Waals surface area contributed by atoms with E-state index in [1.807, 2.05) is 12.1 Å². The highest BCUT2D eigenvalue weighted by Gasteiger charge is 2.05. The van der Waals surface area contributed by atoms with Gasteiger partial charge in [0.1, 0.15) is 5.75 Å². The molecule has 2 aromatic carbocycles. The maximum atomic E-state index is 5.68. The summed E-state index contributed by atoms with van der Waals surface area (Å²) in [7, 11) is 3.83. The van der Waals surface area contributed by atoms with Crippen molar-refractivity contribution >= 4 is 0 Å². The summed E-state index contributed by atoms with van der Waals surface area (Å²) in [6.45, 7) is 4.60. The van der Waals surface area contributed by atoms with Crippen LogP contribution in [-0.4, -0.2) is 19.1 Å². The Balaban J connectivity index is 1.98. The van der Waals surface area contributed by atoms with Crippen molar-refractivity contribution in [2.24, 2.45) is 5.73 Å². The molecule has 21 heavy (non-hydrogen) atoms. The minimum Gasteiger partial charge on any atom is -0.497 e. The SMILES string of the molecule is COc1ccc(CN(C)Cc2ccc(CN)cc2C)cc1. The minimum atomic E-state index is 0.600. The van der Waals surface area contributed by atoms with Gasteiger partial charge in [-0.15, -0.1) is 0 Å². The molecule has 0 bridgehead atoms. The van der Waals surface area contributed by atoms with E-state index in [4.69, 9.17) is 10.5 Å². The number of methoxy groups -OCH3 is 1. The zero-order chi connectivity index (χ0) is 15.2. The molecule has 2 rings (SSSR count). The van der Waals surface area contributed by atoms with E-state index in [1.165, 1.54) is 22.3 Å². The minimum absolute atomic E-state index is 0.600. The monoisotopic (exact) mass is 284 g/mol. The van der Waals surface area contributed by atoms with Gasteiger partial charge in [0.05, 0.1) is 7.11 Å². The Hall–Kier alpha value is -1.84. The number of hydrogen-bond acceptors (Lipinski definition) is 3. The fraction of sp³-hybridized carbons (Fsp3) is 0.333. The first-order valence-corrected chi connectivity index (χ1v) is 7.22. The van der Waals surface area contributed by atoms with Crippen molar-refractivity contribution in [3.8, 4) is 5.75 Å². The molecule has 0 aliphatic carbocycles. The van der Waals surface area contributed by atoms with Crippen LogP contribution in [0.3, 0.4) is 0 Å². The quantitative estimate of drug-likeness (QED) is 0.886. The van der Waals surface area contributed by atoms with E-state index in [2.05, 4.69) is 49.2 Å². The molecular formula is C18H24N2O. The smallest absolute Gasteiger partial charge is 0.118 e. The lowest BCUT2D eigenvalue weighted by atomic mass is 10.0. The average molecular weight is 284 g/mol. The Morgan fingerprint density at radius 2 is 1.67 bits per heavy atom. The average Bonchev–Trinajstić information content (AvgIpc) is 2.50. The van der Waals surface area contributed by atoms with E-state index >= 15 is 0 Å². The standard InChI is InChI=1S/C18H24N2O/c1-14-10-16(11-19)4-7-17(14)13-20(2)12-15-5-8-18(21-3)9-6-15/h4-10H,11-13,19H2,1-3H3. The van der Waals surface area contributed by atoms with Gasteiger partial charge in [-0.2, -0.15) is 0 Å². The first-order chi connectivity index (χ1) is 10.1. The van der Waals surface area contributed by atoms with Crippen LogP contribution in [-0.2, 0) is 19.6 Å². The lowest BCUT2D eigenvalue weighted by Crippen LogP contribution is -2.18. The Kier molecular flexibility index (Phi) is 5.37. The van der Waals surface area contributed by atoms with Crippen LogP contribution in [0.4, 0.5) is 0 Å². The molecule has 0 amide bonds. The van der Waals surface area contributed by atoms with Crippen molar-refractivity contribution in [1.82, 2.24) is 4.90 Å². The number of benzene rings is 2. The van der Waals surface area contributed by atoms with Crippen molar-refractivity contribution in [3.63, 3.8) is 0 Å². The summed E-state index contributed by atoms with van der Waals surface area (Å²) in [5, 5.41) is 0. The molecule has 2 aromatic rings. The Labute approximate surface area is 127 Å². The first-order valence-electron chi connectivity index (χ1n) is 7.22. The van der Waals surface area contributed by atoms with Crippen molar-refractivity contribution in [1.29, 1.82) is 0 Å². The molecule has 0 heterocycles. The van der Waals surface area contributed by atoms with Crippen LogP contribution in [0.25, 0.3) is 0 Å². The number of nitrogens with zero attached hydrogens (tertiary/aromatic N) is 1. The number of ether oxygens (including phenoxy) is 1. The van der Waals surface area contributed by atoms with Gasteiger partial charge >= 0.3 is 0 Å². The van der Waals surface area contributed by atoms with E-state index in [0.717, 1.165) is 18.8 Å². The Morgan fingerprint density at radius 1 is 1.00 bits per heavy atom. The second kappa shape index (κ2) is 7.25. The second-order valence-electron chi connectivity index (χ2n) is 5.49. The van der Waals surface area contributed by atoms with E-state index < -0.39 is 0 Å². The molecule has 3 heteroatoms. The van der Waals surface area contributed by atoms with E-state index in [0.29, 0.717) is 6.54 Å². The van der Waals surface area contributed by atoms with Gasteiger partial charge < -0.3 is 10.5 Å². The topological polar surface area (TPSA) is 38.5 Å². The molecule has 0 aliphatic rings. The van der Waals surface area contributed by atoms with Crippen LogP contribution in [0.1, 0.15) is 22.3 Å². The Bertz CT molecular complexity index is 578. The van der Waals surface area contributed by atoms with Crippen molar-refractivity contribution < 1.29 is 4.74 Å². The molecule has 3 nitrogen and oxygen atoms in total. The molecule has 0 spiro atoms. The van der Waals surface area contributed by atoms with E-state index in [-0.39, 0.29) is 0 Å². The summed E-state index contributed by atoms with van der Waals surface area (Å²) < 4.78 is 5.18. The van der Waals surface area contributed by atoms with Gasteiger partial charge in [0.2, 0.25) is 0 Å². The summed E-state index contributed by atoms with van der Waals surface area (Å²) in [4.78, 5) is 2.31. The highest BCUT2D eigenvalue weighted by Crippen LogP contribution is 2.16. The predicted octanol–water partition coefficient (Wildman–Crippen LogP) is 3.09. The van der Waals surface area contributed by atoms with Gasteiger partial charge in [-0.25, -0.2) is 0 Å². The van der Waals surface area contributed by atoms with Crippen molar-refractivity contribution in [2.45, 2.75) is 26.6 Å². The van der Waals surface area contributed by atoms with Crippen molar-refractivity contribution in [3.05, 3.63) is 64.7 Å². The summed E-state index contributed by atoms with van der Waals surface area (Å²) in [6, 6.07) is 14.7. The lowest BCUT2D eigenvalue weighted by molar-refractivity contribution is 0.318. The third kappa shape index (κ3) is 4.31. The predicted molar refractivity (Wildman–Crippen MR) is 87.2 cm³/mol. The molecule has 0 aromatic heterocycles. The highest BCUT2D eigenvalue weighted by molar-refractivity contribution is 5.31. The third-order valence-electron chi connectivity index (χ3n) is 3.69. The summed E-state index contributed by atoms with van der Waals surface area (Å²) in [5.41, 5.74) is 10.8. The molecule has 112 valence electrons. The van der Waals surface area contributed by atoms with Gasteiger partial charge in [0, 0.05) is 19.6 Å². The fourth-order valence-electron chi connectivity index (χ4n) is 2.45. The lowest BCUT2D eigenvalue weighted by Gasteiger charge is -2.18. The van der Waals surface area contributed by atoms with Gasteiger partial charge in [-0.1, -0.05) is 30.3 Å². The number of rotatable bonds is 6. The maximum absolute atomic E-state index is 5.68. The van der Waals surface area contributed by atoms with Crippen LogP contribution >= 0.6 is 0 Å². The third-order valence-corrected chi connectivity index (χ3v) is 3.69. The van der Waals surface area contributed by atoms with Gasteiger partial charge in [0.25, 0.3) is 0 Å². The molecule has 0 unspecified atom stereocenters. The molecule has 0 aliphatic heterocycles. The largest absolute Gasteiger partial charge is 0.497 e. The molecule has 0 saturated heterocycles. The molecule has 0 radical (unpaired) electrons. The molecule has 0 atom stereocenters.